The van der Waals surface area contributed by atoms with E-state index >= 15 is 0 Å². The second-order valence-electron chi connectivity index (χ2n) is 8.03. The van der Waals surface area contributed by atoms with Crippen LogP contribution in [0.5, 0.6) is 0 Å². The van der Waals surface area contributed by atoms with E-state index in [2.05, 4.69) is 15.5 Å². The van der Waals surface area contributed by atoms with Crippen molar-refractivity contribution in [1.82, 2.24) is 25.3 Å². The first-order valence-corrected chi connectivity index (χ1v) is 11.0. The van der Waals surface area contributed by atoms with E-state index in [0.717, 1.165) is 16.9 Å². The molecule has 0 spiro atoms. The summed E-state index contributed by atoms with van der Waals surface area (Å²) in [6.45, 7) is 8.72. The number of likely N-dealkylation sites (tertiary alicyclic amines) is 2. The summed E-state index contributed by atoms with van der Waals surface area (Å²) in [6, 6.07) is 1.91. The molecule has 0 aromatic carbocycles. The Balaban J connectivity index is 1.59. The van der Waals surface area contributed by atoms with Gasteiger partial charge in [-0.3, -0.25) is 4.79 Å². The molecule has 1 N–H and O–H groups in total. The van der Waals surface area contributed by atoms with E-state index in [1.807, 2.05) is 35.1 Å². The predicted octanol–water partition coefficient (Wildman–Crippen LogP) is 2.58. The van der Waals surface area contributed by atoms with Crippen molar-refractivity contribution in [2.75, 3.05) is 32.7 Å². The minimum absolute atomic E-state index is 0.0627. The van der Waals surface area contributed by atoms with E-state index in [0.29, 0.717) is 50.9 Å². The van der Waals surface area contributed by atoms with Crippen molar-refractivity contribution in [3.63, 3.8) is 0 Å². The number of nitrogens with one attached hydrogen (secondary N) is 1. The van der Waals surface area contributed by atoms with Crippen molar-refractivity contribution < 1.29 is 14.0 Å². The zero-order chi connectivity index (χ0) is 20.6. The number of urea groups is 1. The average Bonchev–Trinajstić information content (AvgIpc) is 3.43. The van der Waals surface area contributed by atoms with Gasteiger partial charge in [0, 0.05) is 45.6 Å². The molecule has 29 heavy (non-hydrogen) atoms. The molecule has 0 bridgehead atoms. The number of piperidine rings is 1. The van der Waals surface area contributed by atoms with Crippen molar-refractivity contribution in [2.24, 2.45) is 5.92 Å². The smallest absolute Gasteiger partial charge is 0.317 e. The molecule has 0 unspecified atom stereocenters. The Morgan fingerprint density at radius 3 is 2.76 bits per heavy atom. The van der Waals surface area contributed by atoms with Gasteiger partial charge in [0.15, 0.2) is 0 Å². The van der Waals surface area contributed by atoms with Crippen LogP contribution in [0.2, 0.25) is 0 Å². The summed E-state index contributed by atoms with van der Waals surface area (Å²) in [4.78, 5) is 30.3. The maximum atomic E-state index is 13.1. The molecule has 0 aliphatic carbocycles. The summed E-state index contributed by atoms with van der Waals surface area (Å²) in [7, 11) is 0. The molecule has 2 aromatic rings. The van der Waals surface area contributed by atoms with Gasteiger partial charge in [0.25, 0.3) is 5.91 Å². The number of hydrogen-bond donors (Lipinski definition) is 1. The van der Waals surface area contributed by atoms with E-state index in [4.69, 9.17) is 4.42 Å². The van der Waals surface area contributed by atoms with Crippen LogP contribution in [-0.4, -0.2) is 64.7 Å². The van der Waals surface area contributed by atoms with Crippen LogP contribution in [0, 0.1) is 19.8 Å². The van der Waals surface area contributed by atoms with Gasteiger partial charge in [0.1, 0.15) is 0 Å². The summed E-state index contributed by atoms with van der Waals surface area (Å²) in [5, 5.41) is 13.3. The maximum Gasteiger partial charge on any atom is 0.317 e. The third-order valence-electron chi connectivity index (χ3n) is 6.07. The highest BCUT2D eigenvalue weighted by Crippen LogP contribution is 2.45. The van der Waals surface area contributed by atoms with Crippen LogP contribution >= 0.6 is 11.3 Å². The molecule has 8 nitrogen and oxygen atoms in total. The molecular weight excluding hydrogens is 390 g/mol. The average molecular weight is 418 g/mol. The van der Waals surface area contributed by atoms with Gasteiger partial charge in [0.05, 0.1) is 10.3 Å². The SMILES string of the molecule is CCCNC(=O)N1C[C@@H]2CN(C(=O)c3sccc3C)CC[C@]2(c2nnc(C)o2)C1. The quantitative estimate of drug-likeness (QED) is 0.826. The molecule has 4 heterocycles. The monoisotopic (exact) mass is 417 g/mol. The fourth-order valence-electron chi connectivity index (χ4n) is 4.45. The first kappa shape index (κ1) is 19.9. The Morgan fingerprint density at radius 2 is 2.10 bits per heavy atom. The third kappa shape index (κ3) is 3.52. The van der Waals surface area contributed by atoms with Crippen molar-refractivity contribution in [1.29, 1.82) is 0 Å². The van der Waals surface area contributed by atoms with Crippen LogP contribution in [-0.2, 0) is 5.41 Å². The van der Waals surface area contributed by atoms with Crippen LogP contribution in [0.25, 0.3) is 0 Å². The lowest BCUT2D eigenvalue weighted by Gasteiger charge is -2.41. The number of nitrogens with zero attached hydrogens (tertiary/aromatic N) is 4. The normalized spacial score (nSPS) is 23.9. The summed E-state index contributed by atoms with van der Waals surface area (Å²) in [5.41, 5.74) is 0.614. The molecule has 9 heteroatoms. The fourth-order valence-corrected chi connectivity index (χ4v) is 5.34. The number of carbonyl (C=O) groups excluding carboxylic acids is 2. The Hall–Kier alpha value is -2.42. The zero-order valence-electron chi connectivity index (χ0n) is 17.1. The van der Waals surface area contributed by atoms with E-state index in [-0.39, 0.29) is 17.9 Å². The summed E-state index contributed by atoms with van der Waals surface area (Å²) in [5.74, 6) is 1.24. The standard InChI is InChI=1S/C20H27N5O3S/c1-4-7-21-19(27)25-11-15-10-24(17(26)16-13(2)5-9-29-16)8-6-20(15,12-25)18-23-22-14(3)28-18/h5,9,15H,4,6-8,10-12H2,1-3H3,(H,21,27)/t15-,20-/m0/s1. The Kier molecular flexibility index (Phi) is 5.33. The lowest BCUT2D eigenvalue weighted by atomic mass is 9.72. The van der Waals surface area contributed by atoms with Gasteiger partial charge in [-0.05, 0) is 36.8 Å². The number of thiophene rings is 1. The van der Waals surface area contributed by atoms with Gasteiger partial charge >= 0.3 is 6.03 Å². The maximum absolute atomic E-state index is 13.1. The molecule has 2 aliphatic rings. The van der Waals surface area contributed by atoms with E-state index in [9.17, 15) is 9.59 Å². The third-order valence-corrected chi connectivity index (χ3v) is 7.08. The van der Waals surface area contributed by atoms with Crippen LogP contribution < -0.4 is 5.32 Å². The van der Waals surface area contributed by atoms with E-state index in [1.165, 1.54) is 11.3 Å². The molecule has 0 radical (unpaired) electrons. The first-order chi connectivity index (χ1) is 13.9. The van der Waals surface area contributed by atoms with Crippen molar-refractivity contribution in [3.8, 4) is 0 Å². The number of rotatable bonds is 4. The molecule has 0 saturated carbocycles. The number of fused-ring (bicyclic) bond motifs is 1. The molecule has 2 aliphatic heterocycles. The molecule has 3 amide bonds. The molecule has 156 valence electrons. The molecule has 2 aromatic heterocycles. The van der Waals surface area contributed by atoms with Crippen LogP contribution in [0.1, 0.15) is 46.8 Å². The van der Waals surface area contributed by atoms with E-state index in [1.54, 1.807) is 6.92 Å². The summed E-state index contributed by atoms with van der Waals surface area (Å²) >= 11 is 1.48. The lowest BCUT2D eigenvalue weighted by molar-refractivity contribution is 0.0572. The Labute approximate surface area is 174 Å². The highest BCUT2D eigenvalue weighted by Gasteiger charge is 2.55. The van der Waals surface area contributed by atoms with Gasteiger partial charge in [-0.2, -0.15) is 0 Å². The van der Waals surface area contributed by atoms with Gasteiger partial charge in [-0.25, -0.2) is 4.79 Å². The van der Waals surface area contributed by atoms with Gasteiger partial charge in [-0.1, -0.05) is 6.92 Å². The first-order valence-electron chi connectivity index (χ1n) is 10.1. The number of amides is 3. The fraction of sp³-hybridized carbons (Fsp3) is 0.600. The highest BCUT2D eigenvalue weighted by atomic mass is 32.1. The summed E-state index contributed by atoms with van der Waals surface area (Å²) < 4.78 is 5.84. The largest absolute Gasteiger partial charge is 0.425 e. The van der Waals surface area contributed by atoms with Crippen molar-refractivity contribution in [2.45, 2.75) is 39.0 Å². The number of aromatic nitrogens is 2. The molecular formula is C20H27N5O3S. The molecule has 4 rings (SSSR count). The zero-order valence-corrected chi connectivity index (χ0v) is 17.9. The van der Waals surface area contributed by atoms with E-state index < -0.39 is 5.41 Å². The topological polar surface area (TPSA) is 91.6 Å². The molecule has 2 fully saturated rings. The number of carbonyl (C=O) groups is 2. The minimum atomic E-state index is -0.397. The molecule has 2 saturated heterocycles. The minimum Gasteiger partial charge on any atom is -0.425 e. The Morgan fingerprint density at radius 1 is 1.31 bits per heavy atom. The van der Waals surface area contributed by atoms with Crippen LogP contribution in [0.3, 0.4) is 0 Å². The number of aryl methyl sites for hydroxylation is 2. The van der Waals surface area contributed by atoms with Gasteiger partial charge < -0.3 is 19.5 Å². The number of hydrogen-bond acceptors (Lipinski definition) is 6. The molecule has 2 atom stereocenters. The second kappa shape index (κ2) is 7.78. The lowest BCUT2D eigenvalue weighted by Crippen LogP contribution is -2.51. The van der Waals surface area contributed by atoms with Gasteiger partial charge in [-0.15, -0.1) is 21.5 Å². The Bertz CT molecular complexity index is 910. The van der Waals surface area contributed by atoms with Crippen molar-refractivity contribution >= 4 is 23.3 Å². The van der Waals surface area contributed by atoms with Crippen molar-refractivity contribution in [3.05, 3.63) is 33.7 Å². The second-order valence-corrected chi connectivity index (χ2v) is 8.94. The highest BCUT2D eigenvalue weighted by molar-refractivity contribution is 7.12. The predicted molar refractivity (Wildman–Crippen MR) is 109 cm³/mol. The summed E-state index contributed by atoms with van der Waals surface area (Å²) in [6.07, 6.45) is 1.59. The van der Waals surface area contributed by atoms with Crippen LogP contribution in [0.15, 0.2) is 15.9 Å². The van der Waals surface area contributed by atoms with Gasteiger partial charge in [0.2, 0.25) is 11.8 Å². The van der Waals surface area contributed by atoms with Crippen LogP contribution in [0.4, 0.5) is 4.79 Å².